The SMILES string of the molecule is CCN(Cc1ccncc1)c1nccc(CN)n1. The van der Waals surface area contributed by atoms with Gasteiger partial charge in [0.2, 0.25) is 5.95 Å². The third kappa shape index (κ3) is 3.01. The summed E-state index contributed by atoms with van der Waals surface area (Å²) in [6.45, 7) is 4.13. The Hall–Kier alpha value is -2.01. The molecule has 2 aromatic heterocycles. The van der Waals surface area contributed by atoms with Crippen molar-refractivity contribution in [1.29, 1.82) is 0 Å². The molecule has 94 valence electrons. The van der Waals surface area contributed by atoms with E-state index in [2.05, 4.69) is 26.8 Å². The van der Waals surface area contributed by atoms with Gasteiger partial charge in [0.15, 0.2) is 0 Å². The summed E-state index contributed by atoms with van der Waals surface area (Å²) in [4.78, 5) is 14.8. The molecule has 5 heteroatoms. The Morgan fingerprint density at radius 2 is 1.94 bits per heavy atom. The molecule has 0 spiro atoms. The maximum atomic E-state index is 5.60. The van der Waals surface area contributed by atoms with Gasteiger partial charge in [0.1, 0.15) is 0 Å². The molecule has 0 unspecified atom stereocenters. The van der Waals surface area contributed by atoms with Crippen molar-refractivity contribution in [3.05, 3.63) is 48.0 Å². The predicted octanol–water partition coefficient (Wildman–Crippen LogP) is 1.36. The molecule has 2 N–H and O–H groups in total. The minimum atomic E-state index is 0.433. The molecule has 0 aliphatic heterocycles. The summed E-state index contributed by atoms with van der Waals surface area (Å²) in [6, 6.07) is 5.83. The van der Waals surface area contributed by atoms with E-state index in [-0.39, 0.29) is 0 Å². The third-order valence-electron chi connectivity index (χ3n) is 2.70. The van der Waals surface area contributed by atoms with E-state index in [4.69, 9.17) is 5.73 Å². The smallest absolute Gasteiger partial charge is 0.225 e. The van der Waals surface area contributed by atoms with Gasteiger partial charge in [-0.1, -0.05) is 0 Å². The fourth-order valence-corrected chi connectivity index (χ4v) is 1.68. The van der Waals surface area contributed by atoms with Crippen molar-refractivity contribution in [3.8, 4) is 0 Å². The van der Waals surface area contributed by atoms with E-state index in [1.807, 2.05) is 18.2 Å². The molecule has 0 saturated heterocycles. The Balaban J connectivity index is 2.17. The minimum absolute atomic E-state index is 0.433. The number of rotatable bonds is 5. The van der Waals surface area contributed by atoms with Crippen LogP contribution in [0.5, 0.6) is 0 Å². The third-order valence-corrected chi connectivity index (χ3v) is 2.70. The molecule has 0 radical (unpaired) electrons. The molecule has 0 aromatic carbocycles. The van der Waals surface area contributed by atoms with Crippen LogP contribution in [-0.2, 0) is 13.1 Å². The van der Waals surface area contributed by atoms with Crippen LogP contribution >= 0.6 is 0 Å². The molecule has 0 amide bonds. The van der Waals surface area contributed by atoms with Gasteiger partial charge < -0.3 is 10.6 Å². The Kier molecular flexibility index (Phi) is 4.20. The molecule has 2 heterocycles. The number of aromatic nitrogens is 3. The van der Waals surface area contributed by atoms with Gasteiger partial charge in [-0.05, 0) is 30.7 Å². The number of anilines is 1. The summed E-state index contributed by atoms with van der Waals surface area (Å²) in [5, 5.41) is 0. The lowest BCUT2D eigenvalue weighted by molar-refractivity contribution is 0.780. The summed E-state index contributed by atoms with van der Waals surface area (Å²) in [7, 11) is 0. The van der Waals surface area contributed by atoms with Gasteiger partial charge in [0.25, 0.3) is 0 Å². The monoisotopic (exact) mass is 243 g/mol. The van der Waals surface area contributed by atoms with Crippen LogP contribution in [0.4, 0.5) is 5.95 Å². The van der Waals surface area contributed by atoms with Crippen LogP contribution in [-0.4, -0.2) is 21.5 Å². The molecule has 0 aliphatic rings. The molecular weight excluding hydrogens is 226 g/mol. The van der Waals surface area contributed by atoms with E-state index >= 15 is 0 Å². The van der Waals surface area contributed by atoms with Crippen LogP contribution in [0.25, 0.3) is 0 Å². The molecule has 0 bridgehead atoms. The number of nitrogens with two attached hydrogens (primary N) is 1. The highest BCUT2D eigenvalue weighted by atomic mass is 15.2. The van der Waals surface area contributed by atoms with E-state index in [0.717, 1.165) is 24.7 Å². The lowest BCUT2D eigenvalue weighted by Gasteiger charge is -2.21. The van der Waals surface area contributed by atoms with Crippen LogP contribution in [0.3, 0.4) is 0 Å². The van der Waals surface area contributed by atoms with Crippen molar-refractivity contribution in [2.45, 2.75) is 20.0 Å². The molecule has 0 atom stereocenters. The summed E-state index contributed by atoms with van der Waals surface area (Å²) in [6.07, 6.45) is 5.33. The molecule has 0 fully saturated rings. The first-order chi connectivity index (χ1) is 8.83. The highest BCUT2D eigenvalue weighted by Crippen LogP contribution is 2.11. The first-order valence-corrected chi connectivity index (χ1v) is 5.99. The first kappa shape index (κ1) is 12.4. The van der Waals surface area contributed by atoms with Gasteiger partial charge in [-0.15, -0.1) is 0 Å². The molecule has 0 saturated carbocycles. The van der Waals surface area contributed by atoms with E-state index in [1.165, 1.54) is 5.56 Å². The number of hydrogen-bond acceptors (Lipinski definition) is 5. The largest absolute Gasteiger partial charge is 0.337 e. The van der Waals surface area contributed by atoms with E-state index in [9.17, 15) is 0 Å². The van der Waals surface area contributed by atoms with E-state index in [1.54, 1.807) is 18.6 Å². The van der Waals surface area contributed by atoms with Crippen LogP contribution in [0.1, 0.15) is 18.2 Å². The molecule has 0 aliphatic carbocycles. The van der Waals surface area contributed by atoms with Gasteiger partial charge in [-0.2, -0.15) is 0 Å². The standard InChI is InChI=1S/C13H17N5/c1-2-18(10-11-3-6-15-7-4-11)13-16-8-5-12(9-14)17-13/h3-8H,2,9-10,14H2,1H3. The van der Waals surface area contributed by atoms with Gasteiger partial charge in [-0.3, -0.25) is 4.98 Å². The van der Waals surface area contributed by atoms with Crippen LogP contribution in [0.2, 0.25) is 0 Å². The quantitative estimate of drug-likeness (QED) is 0.858. The second kappa shape index (κ2) is 6.07. The Labute approximate surface area is 107 Å². The molecule has 2 rings (SSSR count). The maximum absolute atomic E-state index is 5.60. The summed E-state index contributed by atoms with van der Waals surface area (Å²) < 4.78 is 0. The predicted molar refractivity (Wildman–Crippen MR) is 70.9 cm³/mol. The normalized spacial score (nSPS) is 10.3. The van der Waals surface area contributed by atoms with Crippen molar-refractivity contribution in [2.75, 3.05) is 11.4 Å². The highest BCUT2D eigenvalue weighted by molar-refractivity contribution is 5.32. The Morgan fingerprint density at radius 1 is 1.17 bits per heavy atom. The second-order valence-electron chi connectivity index (χ2n) is 3.92. The Bertz CT molecular complexity index is 486. The summed E-state index contributed by atoms with van der Waals surface area (Å²) in [5.74, 6) is 0.720. The maximum Gasteiger partial charge on any atom is 0.225 e. The van der Waals surface area contributed by atoms with Crippen LogP contribution in [0.15, 0.2) is 36.8 Å². The van der Waals surface area contributed by atoms with E-state index < -0.39 is 0 Å². The topological polar surface area (TPSA) is 67.9 Å². The molecular formula is C13H17N5. The number of pyridine rings is 1. The van der Waals surface area contributed by atoms with Gasteiger partial charge in [0.05, 0.1) is 5.69 Å². The zero-order valence-corrected chi connectivity index (χ0v) is 10.5. The van der Waals surface area contributed by atoms with Crippen LogP contribution < -0.4 is 10.6 Å². The zero-order valence-electron chi connectivity index (χ0n) is 10.5. The lowest BCUT2D eigenvalue weighted by atomic mass is 10.2. The average molecular weight is 243 g/mol. The Morgan fingerprint density at radius 3 is 2.61 bits per heavy atom. The van der Waals surface area contributed by atoms with Gasteiger partial charge >= 0.3 is 0 Å². The van der Waals surface area contributed by atoms with Gasteiger partial charge in [0, 0.05) is 38.2 Å². The fraction of sp³-hybridized carbons (Fsp3) is 0.308. The number of nitrogens with zero attached hydrogens (tertiary/aromatic N) is 4. The summed E-state index contributed by atoms with van der Waals surface area (Å²) in [5.41, 5.74) is 7.64. The van der Waals surface area contributed by atoms with Crippen molar-refractivity contribution < 1.29 is 0 Å². The molecule has 18 heavy (non-hydrogen) atoms. The second-order valence-corrected chi connectivity index (χ2v) is 3.92. The lowest BCUT2D eigenvalue weighted by Crippen LogP contribution is -2.24. The summed E-state index contributed by atoms with van der Waals surface area (Å²) >= 11 is 0. The van der Waals surface area contributed by atoms with Gasteiger partial charge in [-0.25, -0.2) is 9.97 Å². The van der Waals surface area contributed by atoms with Crippen molar-refractivity contribution in [1.82, 2.24) is 15.0 Å². The number of hydrogen-bond donors (Lipinski definition) is 1. The van der Waals surface area contributed by atoms with Crippen molar-refractivity contribution in [3.63, 3.8) is 0 Å². The van der Waals surface area contributed by atoms with E-state index in [0.29, 0.717) is 6.54 Å². The zero-order chi connectivity index (χ0) is 12.8. The first-order valence-electron chi connectivity index (χ1n) is 5.99. The highest BCUT2D eigenvalue weighted by Gasteiger charge is 2.08. The molecule has 2 aromatic rings. The molecule has 5 nitrogen and oxygen atoms in total. The van der Waals surface area contributed by atoms with Crippen molar-refractivity contribution >= 4 is 5.95 Å². The minimum Gasteiger partial charge on any atom is -0.337 e. The fourth-order valence-electron chi connectivity index (χ4n) is 1.68. The van der Waals surface area contributed by atoms with Crippen molar-refractivity contribution in [2.24, 2.45) is 5.73 Å². The van der Waals surface area contributed by atoms with Crippen LogP contribution in [0, 0.1) is 0 Å². The average Bonchev–Trinajstić information content (AvgIpc) is 2.46.